The van der Waals surface area contributed by atoms with Crippen LogP contribution in [0.15, 0.2) is 55.6 Å². The van der Waals surface area contributed by atoms with E-state index in [0.717, 1.165) is 29.7 Å². The van der Waals surface area contributed by atoms with Crippen LogP contribution in [0.5, 0.6) is 11.5 Å². The van der Waals surface area contributed by atoms with Gasteiger partial charge in [0, 0.05) is 36.3 Å². The van der Waals surface area contributed by atoms with Gasteiger partial charge in [0.2, 0.25) is 0 Å². The van der Waals surface area contributed by atoms with E-state index in [1.807, 2.05) is 36.4 Å². The number of phenolic OH excluding ortho intramolecular Hbond substituents is 2. The average molecular weight is 365 g/mol. The zero-order chi connectivity index (χ0) is 19.4. The van der Waals surface area contributed by atoms with Gasteiger partial charge in [-0.15, -0.1) is 13.2 Å². The average Bonchev–Trinajstić information content (AvgIpc) is 3.05. The van der Waals surface area contributed by atoms with Gasteiger partial charge in [-0.2, -0.15) is 0 Å². The van der Waals surface area contributed by atoms with Gasteiger partial charge in [-0.05, 0) is 48.6 Å². The fourth-order valence-corrected chi connectivity index (χ4v) is 3.66. The van der Waals surface area contributed by atoms with E-state index in [4.69, 9.17) is 0 Å². The summed E-state index contributed by atoms with van der Waals surface area (Å²) in [5.74, 6) is 0.312. The molecule has 1 aliphatic heterocycles. The molecule has 0 aromatic heterocycles. The largest absolute Gasteiger partial charge is 0.507 e. The predicted octanol–water partition coefficient (Wildman–Crippen LogP) is 3.79. The van der Waals surface area contributed by atoms with Crippen LogP contribution in [-0.2, 0) is 19.4 Å². The molecule has 0 radical (unpaired) electrons. The SMILES string of the molecule is C=CCc1ccc(O)c(-c2cc(CC=C)cc(CN3CC[C@H](O)C3)c2O)c1. The Morgan fingerprint density at radius 3 is 2.37 bits per heavy atom. The maximum atomic E-state index is 11.0. The number of rotatable bonds is 7. The van der Waals surface area contributed by atoms with Gasteiger partial charge >= 0.3 is 0 Å². The zero-order valence-electron chi connectivity index (χ0n) is 15.6. The van der Waals surface area contributed by atoms with Crippen molar-refractivity contribution < 1.29 is 15.3 Å². The molecule has 0 saturated carbocycles. The second-order valence-corrected chi connectivity index (χ2v) is 7.17. The van der Waals surface area contributed by atoms with Crippen molar-refractivity contribution in [3.8, 4) is 22.6 Å². The minimum Gasteiger partial charge on any atom is -0.507 e. The van der Waals surface area contributed by atoms with Crippen LogP contribution < -0.4 is 0 Å². The number of likely N-dealkylation sites (tertiary alicyclic amines) is 1. The quantitative estimate of drug-likeness (QED) is 0.653. The number of phenols is 2. The highest BCUT2D eigenvalue weighted by Gasteiger charge is 2.22. The van der Waals surface area contributed by atoms with E-state index in [1.54, 1.807) is 6.07 Å². The van der Waals surface area contributed by atoms with Crippen molar-refractivity contribution in [2.24, 2.45) is 0 Å². The van der Waals surface area contributed by atoms with Gasteiger partial charge in [0.15, 0.2) is 0 Å². The van der Waals surface area contributed by atoms with Crippen LogP contribution in [0.4, 0.5) is 0 Å². The van der Waals surface area contributed by atoms with Gasteiger partial charge in [-0.3, -0.25) is 4.90 Å². The second kappa shape index (κ2) is 8.42. The Kier molecular flexibility index (Phi) is 5.99. The summed E-state index contributed by atoms with van der Waals surface area (Å²) >= 11 is 0. The molecular weight excluding hydrogens is 338 g/mol. The van der Waals surface area contributed by atoms with Crippen LogP contribution in [0.1, 0.15) is 23.1 Å². The molecule has 0 unspecified atom stereocenters. The predicted molar refractivity (Wildman–Crippen MR) is 109 cm³/mol. The van der Waals surface area contributed by atoms with E-state index in [9.17, 15) is 15.3 Å². The molecule has 0 amide bonds. The van der Waals surface area contributed by atoms with Crippen molar-refractivity contribution >= 4 is 0 Å². The van der Waals surface area contributed by atoms with Gasteiger partial charge in [0.25, 0.3) is 0 Å². The maximum Gasteiger partial charge on any atom is 0.128 e. The Bertz CT molecular complexity index is 844. The lowest BCUT2D eigenvalue weighted by Crippen LogP contribution is -2.21. The van der Waals surface area contributed by atoms with Crippen LogP contribution in [0.2, 0.25) is 0 Å². The molecule has 4 nitrogen and oxygen atoms in total. The lowest BCUT2D eigenvalue weighted by Gasteiger charge is -2.19. The fourth-order valence-electron chi connectivity index (χ4n) is 3.66. The minimum atomic E-state index is -0.303. The van der Waals surface area contributed by atoms with Crippen molar-refractivity contribution in [2.75, 3.05) is 13.1 Å². The Morgan fingerprint density at radius 1 is 1.00 bits per heavy atom. The lowest BCUT2D eigenvalue weighted by atomic mass is 9.94. The number of aliphatic hydroxyl groups is 1. The summed E-state index contributed by atoms with van der Waals surface area (Å²) in [6.45, 7) is 9.56. The van der Waals surface area contributed by atoms with Crippen LogP contribution in [0, 0.1) is 0 Å². The third-order valence-corrected chi connectivity index (χ3v) is 5.00. The van der Waals surface area contributed by atoms with Crippen LogP contribution >= 0.6 is 0 Å². The number of aliphatic hydroxyl groups excluding tert-OH is 1. The van der Waals surface area contributed by atoms with Crippen LogP contribution in [0.25, 0.3) is 11.1 Å². The Hall–Kier alpha value is -2.56. The van der Waals surface area contributed by atoms with Crippen molar-refractivity contribution in [2.45, 2.75) is 31.9 Å². The van der Waals surface area contributed by atoms with Crippen LogP contribution in [-0.4, -0.2) is 39.4 Å². The number of benzene rings is 2. The minimum absolute atomic E-state index is 0.136. The maximum absolute atomic E-state index is 11.0. The third kappa shape index (κ3) is 4.41. The molecule has 2 aromatic carbocycles. The normalized spacial score (nSPS) is 17.1. The molecule has 0 bridgehead atoms. The standard InChI is InChI=1S/C23H27NO3/c1-3-5-16-7-8-22(26)20(12-16)21-13-17(6-4-2)11-18(23(21)27)14-24-10-9-19(25)15-24/h3-4,7-8,11-13,19,25-27H,1-2,5-6,9-10,14-15H2/t19-/m0/s1. The molecule has 1 atom stereocenters. The van der Waals surface area contributed by atoms with E-state index in [1.165, 1.54) is 0 Å². The Morgan fingerprint density at radius 2 is 1.70 bits per heavy atom. The molecule has 3 rings (SSSR count). The van der Waals surface area contributed by atoms with E-state index in [0.29, 0.717) is 37.1 Å². The smallest absolute Gasteiger partial charge is 0.128 e. The highest BCUT2D eigenvalue weighted by atomic mass is 16.3. The van der Waals surface area contributed by atoms with Gasteiger partial charge in [-0.25, -0.2) is 0 Å². The van der Waals surface area contributed by atoms with Crippen LogP contribution in [0.3, 0.4) is 0 Å². The molecule has 4 heteroatoms. The summed E-state index contributed by atoms with van der Waals surface area (Å²) in [4.78, 5) is 2.13. The van der Waals surface area contributed by atoms with Crippen molar-refractivity contribution in [3.05, 3.63) is 72.3 Å². The number of β-amino-alcohol motifs (C(OH)–C–C–N with tert-alkyl or cyclic N) is 1. The molecule has 0 spiro atoms. The first kappa shape index (κ1) is 19.2. The molecular formula is C23H27NO3. The molecule has 1 aliphatic rings. The summed E-state index contributed by atoms with van der Waals surface area (Å²) < 4.78 is 0. The summed E-state index contributed by atoms with van der Waals surface area (Å²) in [5, 5.41) is 31.1. The third-order valence-electron chi connectivity index (χ3n) is 5.00. The first-order chi connectivity index (χ1) is 13.0. The number of nitrogens with zero attached hydrogens (tertiary/aromatic N) is 1. The number of aromatic hydroxyl groups is 2. The van der Waals surface area contributed by atoms with E-state index in [2.05, 4.69) is 18.1 Å². The Balaban J connectivity index is 2.05. The summed E-state index contributed by atoms with van der Waals surface area (Å²) in [6.07, 6.45) is 5.46. The second-order valence-electron chi connectivity index (χ2n) is 7.17. The van der Waals surface area contributed by atoms with Crippen molar-refractivity contribution in [1.82, 2.24) is 4.90 Å². The molecule has 1 fully saturated rings. The summed E-state index contributed by atoms with van der Waals surface area (Å²) in [5.41, 5.74) is 4.08. The fraction of sp³-hybridized carbons (Fsp3) is 0.304. The Labute approximate surface area is 160 Å². The molecule has 0 aliphatic carbocycles. The molecule has 2 aromatic rings. The van der Waals surface area contributed by atoms with E-state index < -0.39 is 0 Å². The van der Waals surface area contributed by atoms with Gasteiger partial charge in [-0.1, -0.05) is 24.3 Å². The molecule has 27 heavy (non-hydrogen) atoms. The molecule has 3 N–H and O–H groups in total. The first-order valence-electron chi connectivity index (χ1n) is 9.31. The summed E-state index contributed by atoms with van der Waals surface area (Å²) in [7, 11) is 0. The highest BCUT2D eigenvalue weighted by Crippen LogP contribution is 2.39. The van der Waals surface area contributed by atoms with E-state index >= 15 is 0 Å². The first-order valence-corrected chi connectivity index (χ1v) is 9.31. The number of allylic oxidation sites excluding steroid dienone is 2. The molecule has 1 heterocycles. The number of hydrogen-bond donors (Lipinski definition) is 3. The monoisotopic (exact) mass is 365 g/mol. The molecule has 1 saturated heterocycles. The van der Waals surface area contributed by atoms with Crippen molar-refractivity contribution in [1.29, 1.82) is 0 Å². The number of hydrogen-bond acceptors (Lipinski definition) is 4. The lowest BCUT2D eigenvalue weighted by molar-refractivity contribution is 0.174. The highest BCUT2D eigenvalue weighted by molar-refractivity contribution is 5.78. The topological polar surface area (TPSA) is 63.9 Å². The van der Waals surface area contributed by atoms with Gasteiger partial charge < -0.3 is 15.3 Å². The molecule has 142 valence electrons. The zero-order valence-corrected chi connectivity index (χ0v) is 15.6. The van der Waals surface area contributed by atoms with Gasteiger partial charge in [0.05, 0.1) is 6.10 Å². The summed E-state index contributed by atoms with van der Waals surface area (Å²) in [6, 6.07) is 9.30. The van der Waals surface area contributed by atoms with Crippen molar-refractivity contribution in [3.63, 3.8) is 0 Å². The van der Waals surface area contributed by atoms with Gasteiger partial charge in [0.1, 0.15) is 11.5 Å². The van der Waals surface area contributed by atoms with E-state index in [-0.39, 0.29) is 17.6 Å².